The Kier molecular flexibility index (Phi) is 7.98. The van der Waals surface area contributed by atoms with Crippen LogP contribution in [0.15, 0.2) is 34.9 Å². The van der Waals surface area contributed by atoms with Gasteiger partial charge in [0.25, 0.3) is 0 Å². The molecule has 0 unspecified atom stereocenters. The van der Waals surface area contributed by atoms with Gasteiger partial charge in [0.15, 0.2) is 11.3 Å². The summed E-state index contributed by atoms with van der Waals surface area (Å²) in [6.07, 6.45) is 5.81. The molecule has 0 aliphatic rings. The van der Waals surface area contributed by atoms with Gasteiger partial charge in [0, 0.05) is 18.5 Å². The number of rotatable bonds is 10. The van der Waals surface area contributed by atoms with Gasteiger partial charge < -0.3 is 14.5 Å². The number of unbranched alkanes of at least 4 members (excludes halogenated alkanes) is 2. The lowest BCUT2D eigenvalue weighted by Gasteiger charge is -2.20. The van der Waals surface area contributed by atoms with E-state index in [1.54, 1.807) is 24.3 Å². The Morgan fingerprint density at radius 3 is 2.67 bits per heavy atom. The van der Waals surface area contributed by atoms with E-state index in [-0.39, 0.29) is 0 Å². The van der Waals surface area contributed by atoms with Crippen LogP contribution in [0.25, 0.3) is 11.0 Å². The van der Waals surface area contributed by atoms with Crippen molar-refractivity contribution in [2.24, 2.45) is 0 Å². The molecule has 0 aliphatic heterocycles. The largest absolute Gasteiger partial charge is 0.460 e. The molecule has 0 bridgehead atoms. The van der Waals surface area contributed by atoms with Crippen LogP contribution in [-0.2, 0) is 0 Å². The second kappa shape index (κ2) is 10.3. The molecule has 0 saturated carbocycles. The molecule has 0 fully saturated rings. The summed E-state index contributed by atoms with van der Waals surface area (Å²) in [6.45, 7) is 6.47. The molecule has 1 amide bonds. The van der Waals surface area contributed by atoms with Gasteiger partial charge >= 0.3 is 6.09 Å². The van der Waals surface area contributed by atoms with Crippen LogP contribution in [0.4, 0.5) is 4.79 Å². The highest BCUT2D eigenvalue weighted by Gasteiger charge is 2.11. The summed E-state index contributed by atoms with van der Waals surface area (Å²) in [6, 6.07) is 7.33. The molecule has 1 aromatic carbocycles. The summed E-state index contributed by atoms with van der Waals surface area (Å²) < 4.78 is 13.0. The minimum Gasteiger partial charge on any atom is -0.460 e. The van der Waals surface area contributed by atoms with Gasteiger partial charge in [0.05, 0.1) is 12.1 Å². The zero-order valence-electron chi connectivity index (χ0n) is 14.4. The van der Waals surface area contributed by atoms with Crippen molar-refractivity contribution in [3.05, 3.63) is 30.5 Å². The van der Waals surface area contributed by atoms with Crippen LogP contribution in [0.1, 0.15) is 39.5 Å². The molecular formula is C18H26N2O3S. The summed E-state index contributed by atoms with van der Waals surface area (Å²) in [5, 5.41) is 3.71. The highest BCUT2D eigenvalue weighted by Crippen LogP contribution is 2.26. The molecule has 132 valence electrons. The van der Waals surface area contributed by atoms with Crippen molar-refractivity contribution < 1.29 is 13.9 Å². The second-order valence-corrected chi connectivity index (χ2v) is 6.63. The normalized spacial score (nSPS) is 11.1. The summed E-state index contributed by atoms with van der Waals surface area (Å²) >= 11 is 1.64. The average molecular weight is 350 g/mol. The lowest BCUT2D eigenvalue weighted by atomic mass is 10.2. The molecule has 24 heavy (non-hydrogen) atoms. The van der Waals surface area contributed by atoms with Crippen LogP contribution in [0.3, 0.4) is 0 Å². The molecule has 1 N–H and O–H groups in total. The predicted molar refractivity (Wildman–Crippen MR) is 99.2 cm³/mol. The topological polar surface area (TPSA) is 54.7 Å². The van der Waals surface area contributed by atoms with Crippen LogP contribution in [0.5, 0.6) is 5.75 Å². The fourth-order valence-electron chi connectivity index (χ4n) is 2.27. The minimum atomic E-state index is -0.461. The first-order valence-electron chi connectivity index (χ1n) is 8.54. The molecule has 0 atom stereocenters. The Hall–Kier alpha value is -1.66. The van der Waals surface area contributed by atoms with Gasteiger partial charge in [-0.2, -0.15) is 0 Å². The molecular weight excluding hydrogens is 324 g/mol. The first-order valence-corrected chi connectivity index (χ1v) is 9.48. The van der Waals surface area contributed by atoms with Crippen LogP contribution in [0, 0.1) is 0 Å². The van der Waals surface area contributed by atoms with Gasteiger partial charge in [0.1, 0.15) is 0 Å². The maximum absolute atomic E-state index is 12.0. The number of hydrogen-bond donors (Lipinski definition) is 1. The van der Waals surface area contributed by atoms with Crippen LogP contribution >= 0.6 is 11.9 Å². The second-order valence-electron chi connectivity index (χ2n) is 5.57. The molecule has 0 spiro atoms. The van der Waals surface area contributed by atoms with E-state index in [2.05, 4.69) is 23.5 Å². The maximum Gasteiger partial charge on any atom is 0.413 e. The smallest absolute Gasteiger partial charge is 0.413 e. The van der Waals surface area contributed by atoms with Crippen LogP contribution < -0.4 is 10.1 Å². The van der Waals surface area contributed by atoms with Crippen molar-refractivity contribution in [1.82, 2.24) is 9.62 Å². The number of nitrogens with zero attached hydrogens (tertiary/aromatic N) is 1. The molecule has 2 rings (SSSR count). The summed E-state index contributed by atoms with van der Waals surface area (Å²) in [5.41, 5.74) is 0.591. The molecule has 1 aromatic heterocycles. The number of hydrogen-bond acceptors (Lipinski definition) is 5. The van der Waals surface area contributed by atoms with Gasteiger partial charge in [-0.1, -0.05) is 50.8 Å². The number of carbonyl (C=O) groups is 1. The lowest BCUT2D eigenvalue weighted by molar-refractivity contribution is 0.202. The Labute approximate surface area is 147 Å². The number of amides is 1. The van der Waals surface area contributed by atoms with Crippen LogP contribution in [-0.4, -0.2) is 29.4 Å². The van der Waals surface area contributed by atoms with Gasteiger partial charge in [-0.3, -0.25) is 0 Å². The standard InChI is InChI=1S/C18H26N2O3S/c1-3-5-11-20(12-6-4-2)24-14-19-18(21)23-16-9-7-8-15-10-13-22-17(15)16/h7-10,13H,3-6,11-12,14H2,1-2H3,(H,19,21). The van der Waals surface area contributed by atoms with Crippen LogP contribution in [0.2, 0.25) is 0 Å². The quantitative estimate of drug-likeness (QED) is 0.481. The molecule has 0 saturated heterocycles. The molecule has 6 heteroatoms. The maximum atomic E-state index is 12.0. The van der Waals surface area contributed by atoms with E-state index in [0.29, 0.717) is 17.2 Å². The third kappa shape index (κ3) is 5.76. The predicted octanol–water partition coefficient (Wildman–Crippen LogP) is 5.03. The molecule has 0 aliphatic carbocycles. The average Bonchev–Trinajstić information content (AvgIpc) is 3.06. The highest BCUT2D eigenvalue weighted by molar-refractivity contribution is 7.96. The van der Waals surface area contributed by atoms with E-state index in [9.17, 15) is 4.79 Å². The van der Waals surface area contributed by atoms with Crippen molar-refractivity contribution in [1.29, 1.82) is 0 Å². The SMILES string of the molecule is CCCCN(CCCC)SCNC(=O)Oc1cccc2ccoc12. The van der Waals surface area contributed by atoms with E-state index in [4.69, 9.17) is 9.15 Å². The number of fused-ring (bicyclic) bond motifs is 1. The zero-order valence-corrected chi connectivity index (χ0v) is 15.2. The van der Waals surface area contributed by atoms with E-state index in [0.717, 1.165) is 18.5 Å². The first kappa shape index (κ1) is 18.7. The van der Waals surface area contributed by atoms with Crippen molar-refractivity contribution in [2.75, 3.05) is 19.0 Å². The Bertz CT molecular complexity index is 622. The van der Waals surface area contributed by atoms with E-state index in [1.165, 1.54) is 25.7 Å². The zero-order chi connectivity index (χ0) is 17.2. The summed E-state index contributed by atoms with van der Waals surface area (Å²) in [5.74, 6) is 0.939. The lowest BCUT2D eigenvalue weighted by Crippen LogP contribution is -2.29. The molecule has 1 heterocycles. The summed E-state index contributed by atoms with van der Waals surface area (Å²) in [7, 11) is 0. The Morgan fingerprint density at radius 1 is 1.21 bits per heavy atom. The van der Waals surface area contributed by atoms with Gasteiger partial charge in [-0.25, -0.2) is 9.10 Å². The molecule has 5 nitrogen and oxygen atoms in total. The van der Waals surface area contributed by atoms with E-state index < -0.39 is 6.09 Å². The third-order valence-electron chi connectivity index (χ3n) is 3.63. The first-order chi connectivity index (χ1) is 11.7. The third-order valence-corrected chi connectivity index (χ3v) is 4.64. The van der Waals surface area contributed by atoms with E-state index in [1.807, 2.05) is 18.2 Å². The van der Waals surface area contributed by atoms with Crippen molar-refractivity contribution >= 4 is 29.0 Å². The van der Waals surface area contributed by atoms with Gasteiger partial charge in [-0.15, -0.1) is 0 Å². The fraction of sp³-hybridized carbons (Fsp3) is 0.500. The van der Waals surface area contributed by atoms with E-state index >= 15 is 0 Å². The summed E-state index contributed by atoms with van der Waals surface area (Å²) in [4.78, 5) is 12.0. The minimum absolute atomic E-state index is 0.439. The van der Waals surface area contributed by atoms with Gasteiger partial charge in [-0.05, 0) is 25.0 Å². The van der Waals surface area contributed by atoms with Crippen molar-refractivity contribution in [3.8, 4) is 5.75 Å². The molecule has 2 aromatic rings. The number of para-hydroxylation sites is 1. The number of nitrogens with one attached hydrogen (secondary N) is 1. The molecule has 0 radical (unpaired) electrons. The van der Waals surface area contributed by atoms with Crippen molar-refractivity contribution in [2.45, 2.75) is 39.5 Å². The number of furan rings is 1. The number of carbonyl (C=O) groups excluding carboxylic acids is 1. The Morgan fingerprint density at radius 2 is 1.96 bits per heavy atom. The highest BCUT2D eigenvalue weighted by atomic mass is 32.2. The van der Waals surface area contributed by atoms with Gasteiger partial charge in [0.2, 0.25) is 0 Å². The van der Waals surface area contributed by atoms with Crippen molar-refractivity contribution in [3.63, 3.8) is 0 Å². The number of ether oxygens (including phenoxy) is 1. The fourth-order valence-corrected chi connectivity index (χ4v) is 3.16. The monoisotopic (exact) mass is 350 g/mol. The number of benzene rings is 1. The Balaban J connectivity index is 1.78.